The van der Waals surface area contributed by atoms with E-state index in [1.54, 1.807) is 18.2 Å². The van der Waals surface area contributed by atoms with Gasteiger partial charge in [0.15, 0.2) is 17.0 Å². The monoisotopic (exact) mass is 430 g/mol. The van der Waals surface area contributed by atoms with Gasteiger partial charge < -0.3 is 18.0 Å². The summed E-state index contributed by atoms with van der Waals surface area (Å²) in [5.74, 6) is 1.78. The van der Waals surface area contributed by atoms with Gasteiger partial charge in [-0.05, 0) is 51.7 Å². The lowest BCUT2D eigenvalue weighted by Crippen LogP contribution is -2.02. The van der Waals surface area contributed by atoms with E-state index in [9.17, 15) is 4.79 Å². The first-order valence-electron chi connectivity index (χ1n) is 8.28. The molecule has 27 heavy (non-hydrogen) atoms. The third-order valence-corrected chi connectivity index (χ3v) is 4.41. The average molecular weight is 431 g/mol. The van der Waals surface area contributed by atoms with Crippen molar-refractivity contribution in [3.8, 4) is 17.4 Å². The lowest BCUT2D eigenvalue weighted by Gasteiger charge is -2.10. The minimum atomic E-state index is -0.380. The van der Waals surface area contributed by atoms with Crippen LogP contribution in [0, 0.1) is 0 Å². The predicted octanol–water partition coefficient (Wildman–Crippen LogP) is 4.90. The zero-order valence-corrected chi connectivity index (χ0v) is 16.1. The molecule has 0 aliphatic rings. The second kappa shape index (κ2) is 7.03. The van der Waals surface area contributed by atoms with Gasteiger partial charge in [0.2, 0.25) is 0 Å². The van der Waals surface area contributed by atoms with Crippen LogP contribution >= 0.6 is 15.9 Å². The van der Waals surface area contributed by atoms with Gasteiger partial charge in [-0.3, -0.25) is 0 Å². The number of furan rings is 1. The Bertz CT molecular complexity index is 1160. The molecule has 4 rings (SSSR count). The van der Waals surface area contributed by atoms with Gasteiger partial charge in [-0.25, -0.2) is 4.79 Å². The van der Waals surface area contributed by atoms with E-state index in [0.29, 0.717) is 27.7 Å². The predicted molar refractivity (Wildman–Crippen MR) is 101 cm³/mol. The Kier molecular flexibility index (Phi) is 4.57. The van der Waals surface area contributed by atoms with Crippen LogP contribution in [0.3, 0.4) is 0 Å². The van der Waals surface area contributed by atoms with Gasteiger partial charge in [-0.15, -0.1) is 10.2 Å². The van der Waals surface area contributed by atoms with Crippen LogP contribution in [0.4, 0.5) is 0 Å². The van der Waals surface area contributed by atoms with Gasteiger partial charge >= 0.3 is 5.63 Å². The molecule has 3 heterocycles. The SMILES string of the molecule is CC(C)c1cc(=O)oc2cc(OCc3nnc(-c4ccc(Br)o4)o3)ccc12. The number of rotatable bonds is 5. The molecule has 138 valence electrons. The summed E-state index contributed by atoms with van der Waals surface area (Å²) >= 11 is 3.22. The molecule has 0 saturated carbocycles. The fraction of sp³-hybridized carbons (Fsp3) is 0.211. The van der Waals surface area contributed by atoms with Crippen molar-refractivity contribution < 1.29 is 18.0 Å². The maximum atomic E-state index is 11.8. The molecule has 3 aromatic heterocycles. The van der Waals surface area contributed by atoms with Gasteiger partial charge in [0.05, 0.1) is 0 Å². The van der Waals surface area contributed by atoms with Crippen molar-refractivity contribution in [1.29, 1.82) is 0 Å². The molecule has 0 N–H and O–H groups in total. The van der Waals surface area contributed by atoms with E-state index < -0.39 is 0 Å². The van der Waals surface area contributed by atoms with Crippen LogP contribution < -0.4 is 10.4 Å². The summed E-state index contributed by atoms with van der Waals surface area (Å²) in [5.41, 5.74) is 1.05. The Morgan fingerprint density at radius 2 is 1.93 bits per heavy atom. The molecule has 4 aromatic rings. The molecule has 0 aliphatic heterocycles. The number of hydrogen-bond donors (Lipinski definition) is 0. The quantitative estimate of drug-likeness (QED) is 0.415. The van der Waals surface area contributed by atoms with Crippen molar-refractivity contribution in [2.45, 2.75) is 26.4 Å². The number of benzene rings is 1. The van der Waals surface area contributed by atoms with Crippen molar-refractivity contribution in [3.63, 3.8) is 0 Å². The highest BCUT2D eigenvalue weighted by Crippen LogP contribution is 2.28. The molecular formula is C19H15BrN2O5. The topological polar surface area (TPSA) is 91.5 Å². The van der Waals surface area contributed by atoms with Crippen LogP contribution in [-0.2, 0) is 6.61 Å². The molecule has 0 spiro atoms. The molecule has 0 radical (unpaired) electrons. The van der Waals surface area contributed by atoms with Crippen molar-refractivity contribution in [3.05, 3.63) is 62.9 Å². The van der Waals surface area contributed by atoms with E-state index in [4.69, 9.17) is 18.0 Å². The fourth-order valence-electron chi connectivity index (χ4n) is 2.72. The summed E-state index contributed by atoms with van der Waals surface area (Å²) in [7, 11) is 0. The first-order valence-corrected chi connectivity index (χ1v) is 9.07. The highest BCUT2D eigenvalue weighted by atomic mass is 79.9. The average Bonchev–Trinajstić information content (AvgIpc) is 3.27. The maximum absolute atomic E-state index is 11.8. The number of aromatic nitrogens is 2. The normalized spacial score (nSPS) is 11.4. The molecule has 0 unspecified atom stereocenters. The third-order valence-electron chi connectivity index (χ3n) is 3.98. The number of fused-ring (bicyclic) bond motifs is 1. The van der Waals surface area contributed by atoms with E-state index in [1.165, 1.54) is 6.07 Å². The van der Waals surface area contributed by atoms with Gasteiger partial charge in [0, 0.05) is 17.5 Å². The van der Waals surface area contributed by atoms with Crippen LogP contribution in [0.1, 0.15) is 31.2 Å². The summed E-state index contributed by atoms with van der Waals surface area (Å²) < 4.78 is 22.5. The molecule has 0 aliphatic carbocycles. The fourth-order valence-corrected chi connectivity index (χ4v) is 3.03. The van der Waals surface area contributed by atoms with Crippen LogP contribution in [0.25, 0.3) is 22.6 Å². The minimum Gasteiger partial charge on any atom is -0.484 e. The molecular weight excluding hydrogens is 416 g/mol. The largest absolute Gasteiger partial charge is 0.484 e. The summed E-state index contributed by atoms with van der Waals surface area (Å²) in [6.45, 7) is 4.14. The number of hydrogen-bond acceptors (Lipinski definition) is 7. The van der Waals surface area contributed by atoms with Gasteiger partial charge in [-0.2, -0.15) is 0 Å². The van der Waals surface area contributed by atoms with Crippen molar-refractivity contribution in [2.24, 2.45) is 0 Å². The van der Waals surface area contributed by atoms with E-state index >= 15 is 0 Å². The first kappa shape index (κ1) is 17.5. The summed E-state index contributed by atoms with van der Waals surface area (Å²) in [6.07, 6.45) is 0. The molecule has 0 fully saturated rings. The van der Waals surface area contributed by atoms with E-state index in [1.807, 2.05) is 26.0 Å². The van der Waals surface area contributed by atoms with Gasteiger partial charge in [-0.1, -0.05) is 13.8 Å². The Morgan fingerprint density at radius 3 is 2.67 bits per heavy atom. The second-order valence-corrected chi connectivity index (χ2v) is 7.01. The van der Waals surface area contributed by atoms with E-state index in [-0.39, 0.29) is 24.0 Å². The Labute approximate surface area is 162 Å². The number of ether oxygens (including phenoxy) is 1. The molecule has 0 atom stereocenters. The molecule has 0 saturated heterocycles. The van der Waals surface area contributed by atoms with Crippen LogP contribution in [0.15, 0.2) is 59.1 Å². The van der Waals surface area contributed by atoms with Crippen LogP contribution in [0.2, 0.25) is 0 Å². The van der Waals surface area contributed by atoms with Crippen molar-refractivity contribution in [2.75, 3.05) is 0 Å². The lowest BCUT2D eigenvalue weighted by atomic mass is 10.00. The first-order chi connectivity index (χ1) is 13.0. The second-order valence-electron chi connectivity index (χ2n) is 6.23. The molecule has 0 amide bonds. The summed E-state index contributed by atoms with van der Waals surface area (Å²) in [4.78, 5) is 11.8. The highest BCUT2D eigenvalue weighted by molar-refractivity contribution is 9.10. The molecule has 7 nitrogen and oxygen atoms in total. The lowest BCUT2D eigenvalue weighted by molar-refractivity contribution is 0.263. The van der Waals surface area contributed by atoms with Crippen LogP contribution in [0.5, 0.6) is 5.75 Å². The van der Waals surface area contributed by atoms with Crippen molar-refractivity contribution >= 4 is 26.9 Å². The smallest absolute Gasteiger partial charge is 0.336 e. The maximum Gasteiger partial charge on any atom is 0.336 e. The van der Waals surface area contributed by atoms with Gasteiger partial charge in [0.1, 0.15) is 11.3 Å². The Hall–Kier alpha value is -2.87. The van der Waals surface area contributed by atoms with E-state index in [2.05, 4.69) is 26.1 Å². The Morgan fingerprint density at radius 1 is 1.07 bits per heavy atom. The number of nitrogens with zero attached hydrogens (tertiary/aromatic N) is 2. The summed E-state index contributed by atoms with van der Waals surface area (Å²) in [5, 5.41) is 8.76. The number of halogens is 1. The third kappa shape index (κ3) is 3.66. The molecule has 0 bridgehead atoms. The standard InChI is InChI=1S/C19H15BrN2O5/c1-10(2)13-8-18(23)26-15-7-11(3-4-12(13)15)24-9-17-21-22-19(27-17)14-5-6-16(20)25-14/h3-8,10H,9H2,1-2H3. The van der Waals surface area contributed by atoms with Crippen LogP contribution in [-0.4, -0.2) is 10.2 Å². The zero-order chi connectivity index (χ0) is 19.0. The molecule has 1 aromatic carbocycles. The highest BCUT2D eigenvalue weighted by Gasteiger charge is 2.14. The summed E-state index contributed by atoms with van der Waals surface area (Å²) in [6, 6.07) is 10.4. The Balaban J connectivity index is 1.54. The zero-order valence-electron chi connectivity index (χ0n) is 14.6. The van der Waals surface area contributed by atoms with Crippen molar-refractivity contribution in [1.82, 2.24) is 10.2 Å². The van der Waals surface area contributed by atoms with Gasteiger partial charge in [0.25, 0.3) is 11.8 Å². The van der Waals surface area contributed by atoms with E-state index in [0.717, 1.165) is 10.9 Å². The minimum absolute atomic E-state index is 0.0779. The molecule has 8 heteroatoms.